The maximum atomic E-state index is 5.61. The van der Waals surface area contributed by atoms with E-state index >= 15 is 0 Å². The van der Waals surface area contributed by atoms with Gasteiger partial charge < -0.3 is 14.5 Å². The van der Waals surface area contributed by atoms with Crippen LogP contribution in [0.15, 0.2) is 24.3 Å². The highest BCUT2D eigenvalue weighted by Gasteiger charge is 2.19. The third-order valence-corrected chi connectivity index (χ3v) is 3.83. The van der Waals surface area contributed by atoms with Crippen LogP contribution in [0.3, 0.4) is 0 Å². The van der Waals surface area contributed by atoms with Gasteiger partial charge in [-0.25, -0.2) is 0 Å². The highest BCUT2D eigenvalue weighted by Crippen LogP contribution is 2.44. The van der Waals surface area contributed by atoms with Crippen molar-refractivity contribution in [2.75, 3.05) is 14.2 Å². The molecule has 0 fully saturated rings. The number of ether oxygens (including phenoxy) is 2. The Morgan fingerprint density at radius 1 is 0.895 bits per heavy atom. The summed E-state index contributed by atoms with van der Waals surface area (Å²) in [5.74, 6) is 1.62. The number of aromatic amines is 1. The molecule has 98 valence electrons. The summed E-state index contributed by atoms with van der Waals surface area (Å²) in [5.41, 5.74) is 4.55. The molecule has 1 aromatic heterocycles. The minimum atomic E-state index is 0.804. The molecule has 0 radical (unpaired) electrons. The number of nitrogens with one attached hydrogen (secondary N) is 1. The number of fused-ring (bicyclic) bond motifs is 3. The second-order valence-corrected chi connectivity index (χ2v) is 4.74. The van der Waals surface area contributed by atoms with E-state index in [1.165, 1.54) is 5.56 Å². The van der Waals surface area contributed by atoms with E-state index in [1.807, 2.05) is 12.1 Å². The number of rotatable bonds is 2. The molecule has 1 N–H and O–H groups in total. The van der Waals surface area contributed by atoms with Crippen LogP contribution in [0.4, 0.5) is 0 Å². The van der Waals surface area contributed by atoms with Gasteiger partial charge in [0.1, 0.15) is 0 Å². The fourth-order valence-electron chi connectivity index (χ4n) is 2.74. The third kappa shape index (κ3) is 1.51. The molecule has 1 heterocycles. The summed E-state index contributed by atoms with van der Waals surface area (Å²) in [5, 5.41) is 2.26. The second kappa shape index (κ2) is 4.19. The molecule has 0 saturated carbocycles. The van der Waals surface area contributed by atoms with E-state index in [1.54, 1.807) is 14.2 Å². The lowest BCUT2D eigenvalue weighted by Gasteiger charge is -2.14. The van der Waals surface area contributed by atoms with E-state index in [0.717, 1.165) is 38.9 Å². The quantitative estimate of drug-likeness (QED) is 0.752. The molecule has 2 aromatic carbocycles. The highest BCUT2D eigenvalue weighted by atomic mass is 16.5. The molecule has 3 nitrogen and oxygen atoms in total. The number of hydrogen-bond acceptors (Lipinski definition) is 2. The van der Waals surface area contributed by atoms with Crippen LogP contribution in [0.2, 0.25) is 0 Å². The summed E-state index contributed by atoms with van der Waals surface area (Å²) in [6.45, 7) is 4.16. The molecule has 0 amide bonds. The topological polar surface area (TPSA) is 34.2 Å². The summed E-state index contributed by atoms with van der Waals surface area (Å²) in [4.78, 5) is 3.48. The zero-order valence-electron chi connectivity index (χ0n) is 11.6. The van der Waals surface area contributed by atoms with Crippen molar-refractivity contribution in [3.63, 3.8) is 0 Å². The van der Waals surface area contributed by atoms with Gasteiger partial charge in [0.2, 0.25) is 0 Å². The summed E-state index contributed by atoms with van der Waals surface area (Å²) in [6, 6.07) is 8.25. The van der Waals surface area contributed by atoms with Crippen LogP contribution in [-0.4, -0.2) is 19.2 Å². The average Bonchev–Trinajstić information content (AvgIpc) is 2.82. The molecule has 19 heavy (non-hydrogen) atoms. The molecule has 0 aliphatic rings. The van der Waals surface area contributed by atoms with E-state index in [2.05, 4.69) is 31.0 Å². The standard InChI is InChI=1S/C16H17NO2/c1-9-10(2)15(18-3)16(19-4)13-11-7-5-6-8-12(11)17-14(9)13/h5-8,17H,1-4H3. The number of para-hydroxylation sites is 1. The Bertz CT molecular complexity index is 771. The molecule has 0 bridgehead atoms. The molecular formula is C16H17NO2. The van der Waals surface area contributed by atoms with E-state index in [4.69, 9.17) is 9.47 Å². The zero-order chi connectivity index (χ0) is 13.6. The first-order valence-electron chi connectivity index (χ1n) is 6.30. The van der Waals surface area contributed by atoms with Gasteiger partial charge in [-0.15, -0.1) is 0 Å². The van der Waals surface area contributed by atoms with Gasteiger partial charge in [0.05, 0.1) is 25.1 Å². The molecule has 0 spiro atoms. The lowest BCUT2D eigenvalue weighted by atomic mass is 10.0. The average molecular weight is 255 g/mol. The maximum absolute atomic E-state index is 5.61. The van der Waals surface area contributed by atoms with Crippen LogP contribution in [0.5, 0.6) is 11.5 Å². The van der Waals surface area contributed by atoms with Crippen LogP contribution in [0.1, 0.15) is 11.1 Å². The van der Waals surface area contributed by atoms with Crippen molar-refractivity contribution in [3.8, 4) is 11.5 Å². The molecule has 0 aliphatic carbocycles. The molecule has 0 saturated heterocycles. The second-order valence-electron chi connectivity index (χ2n) is 4.74. The Hall–Kier alpha value is -2.16. The van der Waals surface area contributed by atoms with Crippen LogP contribution in [0, 0.1) is 13.8 Å². The van der Waals surface area contributed by atoms with Crippen LogP contribution < -0.4 is 9.47 Å². The molecule has 3 rings (SSSR count). The van der Waals surface area contributed by atoms with E-state index in [0.29, 0.717) is 0 Å². The Kier molecular flexibility index (Phi) is 2.63. The first-order chi connectivity index (χ1) is 9.19. The molecule has 0 aliphatic heterocycles. The van der Waals surface area contributed by atoms with Crippen molar-refractivity contribution in [2.24, 2.45) is 0 Å². The Morgan fingerprint density at radius 2 is 1.58 bits per heavy atom. The van der Waals surface area contributed by atoms with Crippen molar-refractivity contribution < 1.29 is 9.47 Å². The summed E-state index contributed by atoms with van der Waals surface area (Å²) in [7, 11) is 3.37. The first kappa shape index (κ1) is 11.9. The molecule has 3 aromatic rings. The third-order valence-electron chi connectivity index (χ3n) is 3.83. The van der Waals surface area contributed by atoms with Crippen molar-refractivity contribution in [1.29, 1.82) is 0 Å². The van der Waals surface area contributed by atoms with Crippen molar-refractivity contribution >= 4 is 21.8 Å². The molecular weight excluding hydrogens is 238 g/mol. The smallest absolute Gasteiger partial charge is 0.171 e. The highest BCUT2D eigenvalue weighted by molar-refractivity contribution is 6.12. The molecule has 3 heteroatoms. The maximum Gasteiger partial charge on any atom is 0.171 e. The van der Waals surface area contributed by atoms with Crippen molar-refractivity contribution in [1.82, 2.24) is 4.98 Å². The normalized spacial score (nSPS) is 11.2. The minimum Gasteiger partial charge on any atom is -0.493 e. The molecule has 0 atom stereocenters. The van der Waals surface area contributed by atoms with E-state index in [-0.39, 0.29) is 0 Å². The lowest BCUT2D eigenvalue weighted by molar-refractivity contribution is 0.356. The van der Waals surface area contributed by atoms with E-state index in [9.17, 15) is 0 Å². The Morgan fingerprint density at radius 3 is 2.26 bits per heavy atom. The van der Waals surface area contributed by atoms with Crippen LogP contribution in [0.25, 0.3) is 21.8 Å². The largest absolute Gasteiger partial charge is 0.493 e. The van der Waals surface area contributed by atoms with Crippen molar-refractivity contribution in [2.45, 2.75) is 13.8 Å². The number of methoxy groups -OCH3 is 2. The fourth-order valence-corrected chi connectivity index (χ4v) is 2.74. The van der Waals surface area contributed by atoms with Gasteiger partial charge in [0.15, 0.2) is 11.5 Å². The Balaban J connectivity index is 2.60. The van der Waals surface area contributed by atoms with Gasteiger partial charge in [-0.3, -0.25) is 0 Å². The number of aryl methyl sites for hydroxylation is 1. The Labute approximate surface area is 112 Å². The van der Waals surface area contributed by atoms with Gasteiger partial charge in [0.25, 0.3) is 0 Å². The number of aromatic nitrogens is 1. The number of benzene rings is 2. The summed E-state index contributed by atoms with van der Waals surface area (Å²) >= 11 is 0. The minimum absolute atomic E-state index is 0.804. The molecule has 0 unspecified atom stereocenters. The predicted octanol–water partition coefficient (Wildman–Crippen LogP) is 3.96. The van der Waals surface area contributed by atoms with Gasteiger partial charge in [-0.2, -0.15) is 0 Å². The zero-order valence-corrected chi connectivity index (χ0v) is 11.6. The summed E-state index contributed by atoms with van der Waals surface area (Å²) in [6.07, 6.45) is 0. The van der Waals surface area contributed by atoms with Crippen LogP contribution in [-0.2, 0) is 0 Å². The number of hydrogen-bond donors (Lipinski definition) is 1. The van der Waals surface area contributed by atoms with Gasteiger partial charge >= 0.3 is 0 Å². The van der Waals surface area contributed by atoms with E-state index < -0.39 is 0 Å². The van der Waals surface area contributed by atoms with Gasteiger partial charge in [-0.1, -0.05) is 18.2 Å². The van der Waals surface area contributed by atoms with Gasteiger partial charge in [0, 0.05) is 10.9 Å². The predicted molar refractivity (Wildman–Crippen MR) is 78.4 cm³/mol. The monoisotopic (exact) mass is 255 g/mol. The fraction of sp³-hybridized carbons (Fsp3) is 0.250. The van der Waals surface area contributed by atoms with Crippen LogP contribution >= 0.6 is 0 Å². The SMILES string of the molecule is COc1c(C)c(C)c2[nH]c3ccccc3c2c1OC. The van der Waals surface area contributed by atoms with Crippen molar-refractivity contribution in [3.05, 3.63) is 35.4 Å². The van der Waals surface area contributed by atoms with Gasteiger partial charge in [-0.05, 0) is 31.0 Å². The lowest BCUT2D eigenvalue weighted by Crippen LogP contribution is -1.96. The first-order valence-corrected chi connectivity index (χ1v) is 6.30. The number of H-pyrrole nitrogens is 1. The summed E-state index contributed by atoms with van der Waals surface area (Å²) < 4.78 is 11.1.